The summed E-state index contributed by atoms with van der Waals surface area (Å²) in [5.74, 6) is -2.26. The number of ether oxygens (including phenoxy) is 2. The Morgan fingerprint density at radius 3 is 2.47 bits per heavy atom. The van der Waals surface area contributed by atoms with Crippen molar-refractivity contribution in [3.63, 3.8) is 0 Å². The molecule has 1 aromatic carbocycles. The summed E-state index contributed by atoms with van der Waals surface area (Å²) in [6.07, 6.45) is -5.92. The smallest absolute Gasteiger partial charge is 0.392 e. The second-order valence-electron chi connectivity index (χ2n) is 8.48. The molecule has 0 bridgehead atoms. The summed E-state index contributed by atoms with van der Waals surface area (Å²) >= 11 is 0. The number of benzene rings is 1. The number of carbonyl (C=O) groups excluding carboxylic acids is 1. The number of sulfonamides is 1. The van der Waals surface area contributed by atoms with Crippen molar-refractivity contribution in [3.8, 4) is 22.9 Å². The quantitative estimate of drug-likeness (QED) is 0.352. The molecular weight excluding hydrogens is 532 g/mol. The predicted octanol–water partition coefficient (Wildman–Crippen LogP) is 4.35. The summed E-state index contributed by atoms with van der Waals surface area (Å²) < 4.78 is 89.9. The molecule has 204 valence electrons. The Balaban J connectivity index is 1.96. The highest BCUT2D eigenvalue weighted by molar-refractivity contribution is 7.90. The number of aromatic nitrogens is 2. The van der Waals surface area contributed by atoms with Crippen LogP contribution in [0.3, 0.4) is 0 Å². The Kier molecular flexibility index (Phi) is 8.76. The first-order valence-corrected chi connectivity index (χ1v) is 12.7. The summed E-state index contributed by atoms with van der Waals surface area (Å²) in [7, 11) is -4.50. The fraction of sp³-hybridized carbons (Fsp3) is 0.292. The number of carbonyl (C=O) groups is 1. The molecule has 0 saturated heterocycles. The average Bonchev–Trinajstić information content (AvgIpc) is 2.81. The zero-order valence-corrected chi connectivity index (χ0v) is 21.1. The van der Waals surface area contributed by atoms with Crippen LogP contribution in [0.5, 0.6) is 11.6 Å². The molecule has 38 heavy (non-hydrogen) atoms. The highest BCUT2D eigenvalue weighted by Crippen LogP contribution is 2.29. The number of nitrogens with zero attached hydrogens (tertiary/aromatic N) is 2. The van der Waals surface area contributed by atoms with Gasteiger partial charge in [0, 0.05) is 11.6 Å². The molecule has 3 N–H and O–H groups in total. The summed E-state index contributed by atoms with van der Waals surface area (Å²) in [5.41, 5.74) is 5.24. The van der Waals surface area contributed by atoms with Crippen LogP contribution in [0.1, 0.15) is 30.6 Å². The number of hydrogen-bond donors (Lipinski definition) is 2. The minimum Gasteiger partial charge on any atom is -0.493 e. The Morgan fingerprint density at radius 2 is 1.82 bits per heavy atom. The molecule has 3 rings (SSSR count). The van der Waals surface area contributed by atoms with E-state index >= 15 is 0 Å². The van der Waals surface area contributed by atoms with Crippen LogP contribution in [0.4, 0.5) is 23.4 Å². The fourth-order valence-electron chi connectivity index (χ4n) is 3.01. The Hall–Kier alpha value is -3.94. The molecule has 0 radical (unpaired) electrons. The zero-order valence-electron chi connectivity index (χ0n) is 20.3. The van der Waals surface area contributed by atoms with Crippen molar-refractivity contribution in [1.29, 1.82) is 0 Å². The number of rotatable bonds is 10. The molecule has 9 nitrogen and oxygen atoms in total. The van der Waals surface area contributed by atoms with Gasteiger partial charge in [0.2, 0.25) is 5.88 Å². The van der Waals surface area contributed by atoms with Crippen molar-refractivity contribution >= 4 is 21.7 Å². The molecule has 1 amide bonds. The Bertz CT molecular complexity index is 1420. The van der Waals surface area contributed by atoms with Gasteiger partial charge in [0.15, 0.2) is 5.03 Å². The number of anilines is 1. The lowest BCUT2D eigenvalue weighted by Gasteiger charge is -2.14. The summed E-state index contributed by atoms with van der Waals surface area (Å²) in [6, 6.07) is 9.83. The van der Waals surface area contributed by atoms with E-state index in [0.717, 1.165) is 24.3 Å². The third-order valence-electron chi connectivity index (χ3n) is 4.73. The van der Waals surface area contributed by atoms with Crippen LogP contribution in [0.15, 0.2) is 53.6 Å². The first-order valence-electron chi connectivity index (χ1n) is 11.2. The molecule has 0 aliphatic carbocycles. The van der Waals surface area contributed by atoms with Crippen molar-refractivity contribution in [2.75, 3.05) is 18.9 Å². The second-order valence-corrected chi connectivity index (χ2v) is 10.1. The molecule has 0 unspecified atom stereocenters. The molecule has 2 heterocycles. The van der Waals surface area contributed by atoms with Crippen molar-refractivity contribution in [2.45, 2.75) is 31.5 Å². The van der Waals surface area contributed by atoms with Crippen molar-refractivity contribution in [2.24, 2.45) is 5.92 Å². The number of pyridine rings is 2. The number of nitrogen functional groups attached to an aromatic ring is 1. The third kappa shape index (κ3) is 8.03. The SMILES string of the molecule is CC(C)COc1cc(F)cc(-c2ccc(C(=O)NS(=O)(=O)c3cccc(N)n3)c(OCCC(F)(F)F)n2)c1. The first kappa shape index (κ1) is 28.6. The van der Waals surface area contributed by atoms with E-state index in [1.54, 1.807) is 4.72 Å². The fourth-order valence-corrected chi connectivity index (χ4v) is 3.96. The van der Waals surface area contributed by atoms with Gasteiger partial charge in [-0.25, -0.2) is 19.1 Å². The highest BCUT2D eigenvalue weighted by Gasteiger charge is 2.28. The molecule has 0 aliphatic heterocycles. The van der Waals surface area contributed by atoms with Gasteiger partial charge in [-0.05, 0) is 42.3 Å². The molecule has 0 atom stereocenters. The second kappa shape index (κ2) is 11.6. The molecule has 3 aromatic rings. The number of hydrogen-bond acceptors (Lipinski definition) is 8. The van der Waals surface area contributed by atoms with Crippen LogP contribution in [-0.4, -0.2) is 43.7 Å². The number of alkyl halides is 3. The van der Waals surface area contributed by atoms with Gasteiger partial charge < -0.3 is 15.2 Å². The number of nitrogens with one attached hydrogen (secondary N) is 1. The maximum absolute atomic E-state index is 14.2. The van der Waals surface area contributed by atoms with E-state index in [0.29, 0.717) is 6.61 Å². The summed E-state index contributed by atoms with van der Waals surface area (Å²) in [4.78, 5) is 20.6. The average molecular weight is 557 g/mol. The topological polar surface area (TPSA) is 134 Å². The van der Waals surface area contributed by atoms with Crippen molar-refractivity contribution in [3.05, 3.63) is 59.9 Å². The molecule has 0 saturated carbocycles. The lowest BCUT2D eigenvalue weighted by molar-refractivity contribution is -0.139. The van der Waals surface area contributed by atoms with Crippen molar-refractivity contribution < 1.29 is 40.2 Å². The van der Waals surface area contributed by atoms with Gasteiger partial charge in [0.05, 0.1) is 25.3 Å². The molecule has 0 aliphatic rings. The molecule has 0 spiro atoms. The van der Waals surface area contributed by atoms with Crippen LogP contribution in [0.2, 0.25) is 0 Å². The van der Waals surface area contributed by atoms with E-state index in [9.17, 15) is 30.8 Å². The van der Waals surface area contributed by atoms with Crippen LogP contribution in [0.25, 0.3) is 11.3 Å². The standard InChI is InChI=1S/C24H24F4N4O5S/c1-14(2)13-37-17-11-15(10-16(25)12-17)19-7-6-18(23(30-19)36-9-8-24(26,27)28)22(33)32-38(34,35)21-5-3-4-20(29)31-21/h3-7,10-12,14H,8-9,13H2,1-2H3,(H2,29,31)(H,32,33). The number of amides is 1. The lowest BCUT2D eigenvalue weighted by atomic mass is 10.1. The molecule has 0 fully saturated rings. The van der Waals surface area contributed by atoms with Crippen LogP contribution < -0.4 is 19.9 Å². The van der Waals surface area contributed by atoms with Crippen LogP contribution in [0, 0.1) is 11.7 Å². The molecular formula is C24H24F4N4O5S. The normalized spacial score (nSPS) is 11.9. The van der Waals surface area contributed by atoms with Crippen molar-refractivity contribution in [1.82, 2.24) is 14.7 Å². The van der Waals surface area contributed by atoms with Gasteiger partial charge in [0.1, 0.15) is 22.9 Å². The minimum atomic E-state index is -4.56. The van der Waals surface area contributed by atoms with E-state index in [-0.39, 0.29) is 28.7 Å². The maximum Gasteiger partial charge on any atom is 0.392 e. The van der Waals surface area contributed by atoms with Gasteiger partial charge in [-0.2, -0.15) is 21.6 Å². The van der Waals surface area contributed by atoms with Gasteiger partial charge in [-0.1, -0.05) is 19.9 Å². The van der Waals surface area contributed by atoms with E-state index in [2.05, 4.69) is 9.97 Å². The number of halogens is 4. The van der Waals surface area contributed by atoms with Gasteiger partial charge in [-0.3, -0.25) is 4.79 Å². The van der Waals surface area contributed by atoms with E-state index < -0.39 is 57.4 Å². The third-order valence-corrected chi connectivity index (χ3v) is 5.96. The summed E-state index contributed by atoms with van der Waals surface area (Å²) in [6.45, 7) is 3.20. The van der Waals surface area contributed by atoms with Crippen LogP contribution >= 0.6 is 0 Å². The first-order chi connectivity index (χ1) is 17.7. The Morgan fingerprint density at radius 1 is 1.08 bits per heavy atom. The molecule has 2 aromatic heterocycles. The van der Waals surface area contributed by atoms with Gasteiger partial charge in [0.25, 0.3) is 15.9 Å². The Labute approximate surface area is 216 Å². The molecule has 14 heteroatoms. The largest absolute Gasteiger partial charge is 0.493 e. The van der Waals surface area contributed by atoms with E-state index in [1.807, 2.05) is 13.8 Å². The predicted molar refractivity (Wildman–Crippen MR) is 129 cm³/mol. The van der Waals surface area contributed by atoms with Gasteiger partial charge in [-0.15, -0.1) is 0 Å². The minimum absolute atomic E-state index is 0.0396. The lowest BCUT2D eigenvalue weighted by Crippen LogP contribution is -2.32. The van der Waals surface area contributed by atoms with Gasteiger partial charge >= 0.3 is 6.18 Å². The van der Waals surface area contributed by atoms with E-state index in [1.165, 1.54) is 24.3 Å². The summed E-state index contributed by atoms with van der Waals surface area (Å²) in [5, 5.41) is -0.552. The monoisotopic (exact) mass is 556 g/mol. The van der Waals surface area contributed by atoms with Crippen LogP contribution in [-0.2, 0) is 10.0 Å². The zero-order chi connectivity index (χ0) is 28.1. The number of nitrogens with two attached hydrogens (primary N) is 1. The highest BCUT2D eigenvalue weighted by atomic mass is 32.2. The maximum atomic E-state index is 14.2. The van der Waals surface area contributed by atoms with E-state index in [4.69, 9.17) is 15.2 Å².